The maximum atomic E-state index is 12.0. The van der Waals surface area contributed by atoms with Gasteiger partial charge in [-0.15, -0.1) is 12.4 Å². The maximum Gasteiger partial charge on any atom is 0.329 e. The topological polar surface area (TPSA) is 88.3 Å². The molecule has 1 N–H and O–H groups in total. The summed E-state index contributed by atoms with van der Waals surface area (Å²) < 4.78 is 3.14. The van der Waals surface area contributed by atoms with Crippen LogP contribution in [0.1, 0.15) is 25.7 Å². The Hall–Kier alpha value is -2.09. The first-order valence-corrected chi connectivity index (χ1v) is 7.96. The average molecular weight is 355 g/mol. The van der Waals surface area contributed by atoms with Crippen LogP contribution in [0.15, 0.2) is 20.9 Å². The molecule has 9 heteroatoms. The molecule has 2 aromatic heterocycles. The summed E-state index contributed by atoms with van der Waals surface area (Å²) in [7, 11) is 3.68. The molecule has 3 heterocycles. The summed E-state index contributed by atoms with van der Waals surface area (Å²) in [6.07, 6.45) is 5.92. The highest BCUT2D eigenvalue weighted by Crippen LogP contribution is 2.10. The molecule has 0 bridgehead atoms. The van der Waals surface area contributed by atoms with E-state index in [1.165, 1.54) is 23.2 Å². The second kappa shape index (κ2) is 7.65. The van der Waals surface area contributed by atoms with Crippen molar-refractivity contribution in [2.45, 2.75) is 32.2 Å². The first-order chi connectivity index (χ1) is 11.1. The molecule has 24 heavy (non-hydrogen) atoms. The van der Waals surface area contributed by atoms with Gasteiger partial charge in [-0.25, -0.2) is 9.78 Å². The van der Waals surface area contributed by atoms with Gasteiger partial charge in [0.25, 0.3) is 5.56 Å². The normalized spacial score (nSPS) is 16.6. The van der Waals surface area contributed by atoms with Crippen molar-refractivity contribution >= 4 is 29.4 Å². The minimum absolute atomic E-state index is 0. The van der Waals surface area contributed by atoms with E-state index in [2.05, 4.69) is 26.9 Å². The molecular weight excluding hydrogens is 332 g/mol. The molecule has 0 aromatic carbocycles. The van der Waals surface area contributed by atoms with E-state index >= 15 is 0 Å². The van der Waals surface area contributed by atoms with Gasteiger partial charge in [-0.3, -0.25) is 19.3 Å². The fourth-order valence-electron chi connectivity index (χ4n) is 2.96. The highest BCUT2D eigenvalue weighted by molar-refractivity contribution is 5.85. The lowest BCUT2D eigenvalue weighted by Crippen LogP contribution is -2.31. The Labute approximate surface area is 145 Å². The van der Waals surface area contributed by atoms with E-state index in [1.807, 2.05) is 0 Å². The van der Waals surface area contributed by atoms with Crippen LogP contribution >= 0.6 is 12.4 Å². The Morgan fingerprint density at radius 3 is 2.83 bits per heavy atom. The predicted molar refractivity (Wildman–Crippen MR) is 96.2 cm³/mol. The third kappa shape index (κ3) is 3.53. The second-order valence-electron chi connectivity index (χ2n) is 5.96. The summed E-state index contributed by atoms with van der Waals surface area (Å²) in [5.41, 5.74) is 0.0185. The number of piperidine rings is 1. The van der Waals surface area contributed by atoms with Gasteiger partial charge in [0, 0.05) is 40.2 Å². The van der Waals surface area contributed by atoms with Crippen LogP contribution in [0.3, 0.4) is 0 Å². The van der Waals surface area contributed by atoms with Crippen molar-refractivity contribution in [1.82, 2.24) is 24.0 Å². The quantitative estimate of drug-likeness (QED) is 0.820. The number of likely N-dealkylation sites (tertiary alicyclic amines) is 1. The van der Waals surface area contributed by atoms with E-state index in [0.717, 1.165) is 25.9 Å². The van der Waals surface area contributed by atoms with Crippen LogP contribution in [0.5, 0.6) is 0 Å². The number of fused-ring (bicyclic) bond motifs is 1. The molecule has 0 unspecified atom stereocenters. The fourth-order valence-corrected chi connectivity index (χ4v) is 2.96. The molecule has 2 aromatic rings. The van der Waals surface area contributed by atoms with E-state index in [9.17, 15) is 9.59 Å². The largest absolute Gasteiger partial charge is 0.363 e. The Balaban J connectivity index is 0.00000208. The number of imidazole rings is 1. The number of aromatic amines is 1. The van der Waals surface area contributed by atoms with Gasteiger partial charge >= 0.3 is 5.69 Å². The van der Waals surface area contributed by atoms with Gasteiger partial charge in [0.2, 0.25) is 0 Å². The standard InChI is InChI=1S/C15H22N6O2.ClH/c1-19-8-4-3-6-11(19)16-7-5-9-21-10-17-13-12(21)14(22)18-15(23)20(13)2;/h10H,3-9H2,1-2H3,(H,18,22,23);1H. The number of aromatic nitrogens is 4. The van der Waals surface area contributed by atoms with Crippen molar-refractivity contribution in [2.75, 3.05) is 20.1 Å². The third-order valence-corrected chi connectivity index (χ3v) is 4.31. The lowest BCUT2D eigenvalue weighted by Gasteiger charge is -2.26. The maximum absolute atomic E-state index is 12.0. The Morgan fingerprint density at radius 1 is 1.29 bits per heavy atom. The summed E-state index contributed by atoms with van der Waals surface area (Å²) in [5, 5.41) is 0. The van der Waals surface area contributed by atoms with Gasteiger partial charge < -0.3 is 9.47 Å². The second-order valence-corrected chi connectivity index (χ2v) is 5.96. The molecule has 1 aliphatic rings. The highest BCUT2D eigenvalue weighted by Gasteiger charge is 2.12. The Morgan fingerprint density at radius 2 is 2.08 bits per heavy atom. The van der Waals surface area contributed by atoms with Crippen LogP contribution in [-0.4, -0.2) is 50.0 Å². The van der Waals surface area contributed by atoms with E-state index in [4.69, 9.17) is 0 Å². The number of halogens is 1. The molecule has 1 aliphatic heterocycles. The molecule has 1 fully saturated rings. The van der Waals surface area contributed by atoms with Gasteiger partial charge in [0.15, 0.2) is 11.2 Å². The minimum atomic E-state index is -0.445. The number of nitrogens with one attached hydrogen (secondary N) is 1. The first kappa shape index (κ1) is 18.3. The number of aryl methyl sites for hydroxylation is 2. The summed E-state index contributed by atoms with van der Waals surface area (Å²) >= 11 is 0. The summed E-state index contributed by atoms with van der Waals surface area (Å²) in [6.45, 7) is 2.45. The molecule has 8 nitrogen and oxygen atoms in total. The van der Waals surface area contributed by atoms with Crippen LogP contribution in [0.4, 0.5) is 0 Å². The van der Waals surface area contributed by atoms with Crippen LogP contribution < -0.4 is 11.2 Å². The third-order valence-electron chi connectivity index (χ3n) is 4.31. The van der Waals surface area contributed by atoms with Gasteiger partial charge in [-0.1, -0.05) is 0 Å². The number of aliphatic imine (C=N–C) groups is 1. The van der Waals surface area contributed by atoms with Crippen molar-refractivity contribution in [2.24, 2.45) is 12.0 Å². The van der Waals surface area contributed by atoms with Gasteiger partial charge in [0.1, 0.15) is 0 Å². The lowest BCUT2D eigenvalue weighted by molar-refractivity contribution is 0.431. The molecule has 0 amide bonds. The Kier molecular flexibility index (Phi) is 5.82. The van der Waals surface area contributed by atoms with E-state index in [0.29, 0.717) is 17.7 Å². The zero-order chi connectivity index (χ0) is 16.4. The molecule has 0 atom stereocenters. The monoisotopic (exact) mass is 354 g/mol. The van der Waals surface area contributed by atoms with Crippen molar-refractivity contribution in [3.8, 4) is 0 Å². The first-order valence-electron chi connectivity index (χ1n) is 7.96. The molecule has 0 spiro atoms. The van der Waals surface area contributed by atoms with Crippen molar-refractivity contribution in [3.63, 3.8) is 0 Å². The SMILES string of the molecule is CN1CCCCC1=NCCCn1cnc2c1c(=O)[nH]c(=O)n2C.Cl. The highest BCUT2D eigenvalue weighted by atomic mass is 35.5. The summed E-state index contributed by atoms with van der Waals surface area (Å²) in [4.78, 5) is 36.9. The molecule has 1 saturated heterocycles. The van der Waals surface area contributed by atoms with Crippen LogP contribution in [-0.2, 0) is 13.6 Å². The number of hydrogen-bond acceptors (Lipinski definition) is 4. The number of H-pyrrole nitrogens is 1. The van der Waals surface area contributed by atoms with E-state index in [-0.39, 0.29) is 18.0 Å². The van der Waals surface area contributed by atoms with Gasteiger partial charge in [-0.05, 0) is 19.3 Å². The number of amidine groups is 1. The van der Waals surface area contributed by atoms with Crippen LogP contribution in [0, 0.1) is 0 Å². The van der Waals surface area contributed by atoms with Crippen molar-refractivity contribution < 1.29 is 0 Å². The molecule has 3 rings (SSSR count). The Bertz CT molecular complexity index is 850. The zero-order valence-corrected chi connectivity index (χ0v) is 14.8. The molecule has 0 aliphatic carbocycles. The zero-order valence-electron chi connectivity index (χ0n) is 14.0. The molecule has 132 valence electrons. The number of hydrogen-bond donors (Lipinski definition) is 1. The summed E-state index contributed by atoms with van der Waals surface area (Å²) in [6, 6.07) is 0. The lowest BCUT2D eigenvalue weighted by atomic mass is 10.1. The molecular formula is C15H23ClN6O2. The minimum Gasteiger partial charge on any atom is -0.363 e. The van der Waals surface area contributed by atoms with E-state index < -0.39 is 5.69 Å². The van der Waals surface area contributed by atoms with Crippen LogP contribution in [0.2, 0.25) is 0 Å². The molecule has 0 saturated carbocycles. The fraction of sp³-hybridized carbons (Fsp3) is 0.600. The van der Waals surface area contributed by atoms with Gasteiger partial charge in [-0.2, -0.15) is 0 Å². The number of nitrogens with zero attached hydrogens (tertiary/aromatic N) is 5. The van der Waals surface area contributed by atoms with Crippen molar-refractivity contribution in [1.29, 1.82) is 0 Å². The number of rotatable bonds is 4. The van der Waals surface area contributed by atoms with Gasteiger partial charge in [0.05, 0.1) is 12.2 Å². The molecule has 0 radical (unpaired) electrons. The average Bonchev–Trinajstić information content (AvgIpc) is 2.95. The smallest absolute Gasteiger partial charge is 0.329 e. The van der Waals surface area contributed by atoms with Crippen molar-refractivity contribution in [3.05, 3.63) is 27.2 Å². The van der Waals surface area contributed by atoms with Crippen LogP contribution in [0.25, 0.3) is 11.2 Å². The summed E-state index contributed by atoms with van der Waals surface area (Å²) in [5.74, 6) is 1.17. The predicted octanol–water partition coefficient (Wildman–Crippen LogP) is 0.749. The van der Waals surface area contributed by atoms with E-state index in [1.54, 1.807) is 17.9 Å².